The average molecular weight is 305 g/mol. The number of nitrogens with one attached hydrogen (secondary N) is 1. The van der Waals surface area contributed by atoms with E-state index >= 15 is 0 Å². The number of hydrogen-bond acceptors (Lipinski definition) is 4. The smallest absolute Gasteiger partial charge is 0.152 e. The van der Waals surface area contributed by atoms with Gasteiger partial charge in [-0.05, 0) is 40.9 Å². The van der Waals surface area contributed by atoms with Crippen LogP contribution in [0.25, 0.3) is 0 Å². The summed E-state index contributed by atoms with van der Waals surface area (Å²) in [6.07, 6.45) is 3.31. The van der Waals surface area contributed by atoms with Crippen LogP contribution in [-0.4, -0.2) is 30.9 Å². The maximum absolute atomic E-state index is 11.4. The highest BCUT2D eigenvalue weighted by Gasteiger charge is 2.24. The van der Waals surface area contributed by atoms with Crippen molar-refractivity contribution in [2.75, 3.05) is 16.8 Å². The summed E-state index contributed by atoms with van der Waals surface area (Å²) >= 11 is 3.30. The molecular weight excluding hydrogens is 292 g/mol. The molecule has 0 spiro atoms. The van der Waals surface area contributed by atoms with E-state index in [0.717, 1.165) is 23.1 Å². The summed E-state index contributed by atoms with van der Waals surface area (Å²) < 4.78 is 23.8. The molecule has 0 aromatic carbocycles. The zero-order valence-corrected chi connectivity index (χ0v) is 11.1. The molecule has 1 aromatic rings. The number of anilines is 1. The van der Waals surface area contributed by atoms with Gasteiger partial charge in [-0.1, -0.05) is 0 Å². The minimum Gasteiger partial charge on any atom is -0.366 e. The maximum Gasteiger partial charge on any atom is 0.152 e. The Hall–Kier alpha value is -0.620. The molecule has 1 atom stereocenters. The fourth-order valence-corrected chi connectivity index (χ4v) is 3.68. The van der Waals surface area contributed by atoms with Crippen LogP contribution in [0.3, 0.4) is 0 Å². The second kappa shape index (κ2) is 4.71. The lowest BCUT2D eigenvalue weighted by molar-refractivity contribution is 0.561. The Morgan fingerprint density at radius 2 is 2.25 bits per heavy atom. The van der Waals surface area contributed by atoms with Crippen molar-refractivity contribution in [3.05, 3.63) is 22.8 Å². The molecule has 1 N–H and O–H groups in total. The third-order valence-corrected chi connectivity index (χ3v) is 4.83. The Labute approximate surface area is 104 Å². The van der Waals surface area contributed by atoms with Crippen molar-refractivity contribution in [1.82, 2.24) is 4.98 Å². The van der Waals surface area contributed by atoms with Crippen LogP contribution in [-0.2, 0) is 9.84 Å². The SMILES string of the molecule is O=S1(=O)CCCC(Nc2ccc(Br)cn2)C1. The van der Waals surface area contributed by atoms with E-state index in [1.54, 1.807) is 6.20 Å². The van der Waals surface area contributed by atoms with Crippen molar-refractivity contribution in [3.63, 3.8) is 0 Å². The molecule has 1 aromatic heterocycles. The first kappa shape index (κ1) is 11.9. The lowest BCUT2D eigenvalue weighted by Gasteiger charge is -2.23. The molecule has 16 heavy (non-hydrogen) atoms. The molecule has 0 bridgehead atoms. The molecule has 4 nitrogen and oxygen atoms in total. The predicted molar refractivity (Wildman–Crippen MR) is 67.2 cm³/mol. The van der Waals surface area contributed by atoms with Gasteiger partial charge in [0, 0.05) is 16.7 Å². The summed E-state index contributed by atoms with van der Waals surface area (Å²) in [7, 11) is -2.86. The Kier molecular flexibility index (Phi) is 3.49. The van der Waals surface area contributed by atoms with Gasteiger partial charge in [0.15, 0.2) is 9.84 Å². The summed E-state index contributed by atoms with van der Waals surface area (Å²) in [5.41, 5.74) is 0. The van der Waals surface area contributed by atoms with E-state index < -0.39 is 9.84 Å². The molecule has 1 aliphatic rings. The number of nitrogens with zero attached hydrogens (tertiary/aromatic N) is 1. The molecule has 1 aliphatic heterocycles. The number of aromatic nitrogens is 1. The lowest BCUT2D eigenvalue weighted by atomic mass is 10.2. The Morgan fingerprint density at radius 3 is 2.88 bits per heavy atom. The fraction of sp³-hybridized carbons (Fsp3) is 0.500. The summed E-state index contributed by atoms with van der Waals surface area (Å²) in [6, 6.07) is 3.71. The molecule has 6 heteroatoms. The van der Waals surface area contributed by atoms with Crippen LogP contribution < -0.4 is 5.32 Å². The minimum absolute atomic E-state index is 0.00701. The van der Waals surface area contributed by atoms with Crippen LogP contribution in [0.1, 0.15) is 12.8 Å². The largest absolute Gasteiger partial charge is 0.366 e. The zero-order valence-electron chi connectivity index (χ0n) is 8.69. The fourth-order valence-electron chi connectivity index (χ4n) is 1.81. The van der Waals surface area contributed by atoms with Gasteiger partial charge in [0.2, 0.25) is 0 Å². The van der Waals surface area contributed by atoms with E-state index in [9.17, 15) is 8.42 Å². The summed E-state index contributed by atoms with van der Waals surface area (Å²) in [6.45, 7) is 0. The van der Waals surface area contributed by atoms with E-state index in [2.05, 4.69) is 26.2 Å². The van der Waals surface area contributed by atoms with Crippen molar-refractivity contribution >= 4 is 31.6 Å². The van der Waals surface area contributed by atoms with E-state index in [1.807, 2.05) is 12.1 Å². The molecule has 0 saturated carbocycles. The van der Waals surface area contributed by atoms with E-state index in [1.165, 1.54) is 0 Å². The molecule has 0 aliphatic carbocycles. The van der Waals surface area contributed by atoms with Crippen LogP contribution in [0.4, 0.5) is 5.82 Å². The first-order valence-electron chi connectivity index (χ1n) is 5.14. The first-order valence-corrected chi connectivity index (χ1v) is 7.75. The Morgan fingerprint density at radius 1 is 1.44 bits per heavy atom. The highest BCUT2D eigenvalue weighted by Crippen LogP contribution is 2.17. The number of halogens is 1. The molecular formula is C10H13BrN2O2S. The normalized spacial score (nSPS) is 23.9. The Balaban J connectivity index is 2.02. The van der Waals surface area contributed by atoms with Gasteiger partial charge in [-0.25, -0.2) is 13.4 Å². The van der Waals surface area contributed by atoms with Crippen molar-refractivity contribution in [3.8, 4) is 0 Å². The number of rotatable bonds is 2. The van der Waals surface area contributed by atoms with E-state index in [-0.39, 0.29) is 11.8 Å². The van der Waals surface area contributed by atoms with Gasteiger partial charge >= 0.3 is 0 Å². The van der Waals surface area contributed by atoms with Crippen LogP contribution in [0.15, 0.2) is 22.8 Å². The second-order valence-electron chi connectivity index (χ2n) is 3.96. The van der Waals surface area contributed by atoms with Gasteiger partial charge in [0.05, 0.1) is 11.5 Å². The summed E-state index contributed by atoms with van der Waals surface area (Å²) in [5.74, 6) is 1.26. The van der Waals surface area contributed by atoms with Gasteiger partial charge in [-0.2, -0.15) is 0 Å². The standard InChI is InChI=1S/C10H13BrN2O2S/c11-8-3-4-10(12-6-8)13-9-2-1-5-16(14,15)7-9/h3-4,6,9H,1-2,5,7H2,(H,12,13). The van der Waals surface area contributed by atoms with E-state index in [0.29, 0.717) is 5.75 Å². The average Bonchev–Trinajstić information content (AvgIpc) is 2.20. The van der Waals surface area contributed by atoms with Gasteiger partial charge in [0.1, 0.15) is 5.82 Å². The summed E-state index contributed by atoms with van der Waals surface area (Å²) in [5, 5.41) is 3.15. The molecule has 0 amide bonds. The third-order valence-electron chi connectivity index (χ3n) is 2.54. The minimum atomic E-state index is -2.86. The number of hydrogen-bond donors (Lipinski definition) is 1. The highest BCUT2D eigenvalue weighted by atomic mass is 79.9. The first-order chi connectivity index (χ1) is 7.55. The van der Waals surface area contributed by atoms with Crippen molar-refractivity contribution < 1.29 is 8.42 Å². The second-order valence-corrected chi connectivity index (χ2v) is 7.10. The molecule has 88 valence electrons. The van der Waals surface area contributed by atoms with Gasteiger partial charge in [-0.3, -0.25) is 0 Å². The van der Waals surface area contributed by atoms with Gasteiger partial charge in [-0.15, -0.1) is 0 Å². The number of sulfone groups is 1. The molecule has 1 unspecified atom stereocenters. The highest BCUT2D eigenvalue weighted by molar-refractivity contribution is 9.10. The molecule has 1 saturated heterocycles. The zero-order chi connectivity index (χ0) is 11.6. The topological polar surface area (TPSA) is 59.1 Å². The van der Waals surface area contributed by atoms with Gasteiger partial charge in [0.25, 0.3) is 0 Å². The van der Waals surface area contributed by atoms with Crippen LogP contribution in [0, 0.1) is 0 Å². The summed E-state index contributed by atoms with van der Waals surface area (Å²) in [4.78, 5) is 4.17. The van der Waals surface area contributed by atoms with Crippen molar-refractivity contribution in [2.45, 2.75) is 18.9 Å². The third kappa shape index (κ3) is 3.18. The molecule has 1 fully saturated rings. The van der Waals surface area contributed by atoms with Gasteiger partial charge < -0.3 is 5.32 Å². The van der Waals surface area contributed by atoms with Crippen LogP contribution in [0.5, 0.6) is 0 Å². The molecule has 0 radical (unpaired) electrons. The predicted octanol–water partition coefficient (Wildman–Crippen LogP) is 1.83. The monoisotopic (exact) mass is 304 g/mol. The maximum atomic E-state index is 11.4. The van der Waals surface area contributed by atoms with Crippen molar-refractivity contribution in [2.24, 2.45) is 0 Å². The molecule has 2 heterocycles. The lowest BCUT2D eigenvalue weighted by Crippen LogP contribution is -2.35. The van der Waals surface area contributed by atoms with Crippen molar-refractivity contribution in [1.29, 1.82) is 0 Å². The number of pyridine rings is 1. The van der Waals surface area contributed by atoms with E-state index in [4.69, 9.17) is 0 Å². The quantitative estimate of drug-likeness (QED) is 0.905. The van der Waals surface area contributed by atoms with Crippen LogP contribution >= 0.6 is 15.9 Å². The Bertz CT molecular complexity index is 458. The van der Waals surface area contributed by atoms with Crippen LogP contribution in [0.2, 0.25) is 0 Å². The molecule has 2 rings (SSSR count).